The molecule has 2 heterocycles. The number of carbonyl (C=O) groups excluding carboxylic acids is 1. The van der Waals surface area contributed by atoms with Crippen LogP contribution in [0.1, 0.15) is 72.9 Å². The molecule has 2 saturated carbocycles. The van der Waals surface area contributed by atoms with Crippen molar-refractivity contribution in [2.45, 2.75) is 69.5 Å². The van der Waals surface area contributed by atoms with Gasteiger partial charge < -0.3 is 20.1 Å². The van der Waals surface area contributed by atoms with Crippen molar-refractivity contribution < 1.29 is 31.8 Å². The lowest BCUT2D eigenvalue weighted by Gasteiger charge is -2.37. The third-order valence-electron chi connectivity index (χ3n) is 9.15. The molecule has 3 N–H and O–H groups in total. The lowest BCUT2D eigenvalue weighted by atomic mass is 9.77. The number of alkyl halides is 2. The maximum absolute atomic E-state index is 13.9. The molecule has 11 heteroatoms. The minimum Gasteiger partial charge on any atom is -0.395 e. The Labute approximate surface area is 233 Å². The first-order valence-electron chi connectivity index (χ1n) is 14.0. The topological polar surface area (TPSA) is 108 Å². The number of aliphatic hydroxyl groups excluding tert-OH is 1. The summed E-state index contributed by atoms with van der Waals surface area (Å²) in [5, 5.41) is 12.1. The van der Waals surface area contributed by atoms with Gasteiger partial charge in [0.1, 0.15) is 0 Å². The van der Waals surface area contributed by atoms with Crippen molar-refractivity contribution in [2.24, 2.45) is 5.41 Å². The van der Waals surface area contributed by atoms with Crippen molar-refractivity contribution in [3.8, 4) is 0 Å². The van der Waals surface area contributed by atoms with E-state index in [-0.39, 0.29) is 31.6 Å². The number of fused-ring (bicyclic) bond motifs is 2. The highest BCUT2D eigenvalue weighted by molar-refractivity contribution is 7.92. The fourth-order valence-corrected chi connectivity index (χ4v) is 7.26. The molecule has 0 aromatic heterocycles. The molecular weight excluding hydrogens is 540 g/mol. The fourth-order valence-electron chi connectivity index (χ4n) is 6.43. The number of hydrogen-bond donors (Lipinski definition) is 3. The summed E-state index contributed by atoms with van der Waals surface area (Å²) < 4.78 is 60.9. The van der Waals surface area contributed by atoms with Gasteiger partial charge in [0.05, 0.1) is 41.5 Å². The Morgan fingerprint density at radius 1 is 0.950 bits per heavy atom. The summed E-state index contributed by atoms with van der Waals surface area (Å²) in [4.78, 5) is 15.8. The average Bonchev–Trinajstić information content (AvgIpc) is 3.57. The van der Waals surface area contributed by atoms with Gasteiger partial charge in [-0.25, -0.2) is 17.2 Å². The van der Waals surface area contributed by atoms with Crippen LogP contribution in [0.3, 0.4) is 0 Å². The number of halogens is 2. The van der Waals surface area contributed by atoms with Gasteiger partial charge in [-0.2, -0.15) is 0 Å². The monoisotopic (exact) mass is 575 g/mol. The van der Waals surface area contributed by atoms with Crippen LogP contribution >= 0.6 is 0 Å². The zero-order valence-electron chi connectivity index (χ0n) is 22.3. The minimum absolute atomic E-state index is 0.224. The van der Waals surface area contributed by atoms with Gasteiger partial charge >= 0.3 is 0 Å². The second-order valence-electron chi connectivity index (χ2n) is 11.8. The summed E-state index contributed by atoms with van der Waals surface area (Å²) in [6.07, 6.45) is 4.54. The molecule has 4 aliphatic rings. The maximum atomic E-state index is 13.9. The van der Waals surface area contributed by atoms with Crippen molar-refractivity contribution in [3.05, 3.63) is 53.1 Å². The Balaban J connectivity index is 1.26. The summed E-state index contributed by atoms with van der Waals surface area (Å²) in [6.45, 7) is 1.42. The number of amides is 1. The molecule has 2 aromatic carbocycles. The van der Waals surface area contributed by atoms with Crippen LogP contribution < -0.4 is 14.9 Å². The maximum Gasteiger partial charge on any atom is 0.257 e. The van der Waals surface area contributed by atoms with E-state index in [2.05, 4.69) is 14.9 Å². The Kier molecular flexibility index (Phi) is 6.82. The van der Waals surface area contributed by atoms with Gasteiger partial charge in [-0.15, -0.1) is 0 Å². The molecule has 40 heavy (non-hydrogen) atoms. The van der Waals surface area contributed by atoms with Crippen LogP contribution in [0.25, 0.3) is 0 Å². The lowest BCUT2D eigenvalue weighted by Crippen LogP contribution is -2.36. The van der Waals surface area contributed by atoms with Crippen molar-refractivity contribution >= 4 is 33.0 Å². The van der Waals surface area contributed by atoms with Crippen LogP contribution in [-0.4, -0.2) is 50.8 Å². The van der Waals surface area contributed by atoms with Crippen molar-refractivity contribution in [3.63, 3.8) is 0 Å². The number of nitrogens with one attached hydrogen (secondary N) is 2. The Bertz CT molecular complexity index is 1410. The number of aliphatic hydroxyl groups is 1. The summed E-state index contributed by atoms with van der Waals surface area (Å²) in [5.74, 6) is -3.43. The van der Waals surface area contributed by atoms with Crippen LogP contribution in [0.2, 0.25) is 0 Å². The van der Waals surface area contributed by atoms with E-state index in [9.17, 15) is 22.0 Å². The average molecular weight is 576 g/mol. The molecule has 3 fully saturated rings. The smallest absolute Gasteiger partial charge is 0.257 e. The standard InChI is InChI=1S/C29H35F2N3O5S/c30-29(31)9-7-28(8-10-29)24-17-21(2-1-20(24)19-39-28)32-26(36)23-4-3-22(33-40(37,38)16-15-35)18-25(23)34-13-11-27(5-6-27)12-14-34/h1-4,17-18,33,35H,5-16,19H2,(H,32,36). The van der Waals surface area contributed by atoms with Crippen LogP contribution in [0, 0.1) is 5.41 Å². The predicted molar refractivity (Wildman–Crippen MR) is 148 cm³/mol. The van der Waals surface area contributed by atoms with Crippen molar-refractivity contribution in [1.82, 2.24) is 0 Å². The van der Waals surface area contributed by atoms with E-state index in [0.717, 1.165) is 37.1 Å². The number of anilines is 3. The minimum atomic E-state index is -3.73. The third-order valence-corrected chi connectivity index (χ3v) is 10.4. The number of nitrogens with zero attached hydrogens (tertiary/aromatic N) is 1. The Hall–Kier alpha value is -2.76. The third kappa shape index (κ3) is 5.43. The van der Waals surface area contributed by atoms with Gasteiger partial charge in [0, 0.05) is 31.6 Å². The van der Waals surface area contributed by atoms with Crippen LogP contribution in [0.15, 0.2) is 36.4 Å². The molecule has 8 nitrogen and oxygen atoms in total. The zero-order valence-corrected chi connectivity index (χ0v) is 23.2. The quantitative estimate of drug-likeness (QED) is 0.430. The molecule has 6 rings (SSSR count). The molecule has 2 aliphatic heterocycles. The molecule has 0 bridgehead atoms. The molecule has 0 atom stereocenters. The van der Waals surface area contributed by atoms with E-state index in [0.29, 0.717) is 34.6 Å². The van der Waals surface area contributed by atoms with E-state index in [1.165, 1.54) is 12.8 Å². The van der Waals surface area contributed by atoms with Crippen LogP contribution in [-0.2, 0) is 27.0 Å². The number of piperidine rings is 1. The van der Waals surface area contributed by atoms with Crippen molar-refractivity contribution in [2.75, 3.05) is 40.4 Å². The zero-order chi connectivity index (χ0) is 28.2. The second-order valence-corrected chi connectivity index (χ2v) is 13.7. The largest absolute Gasteiger partial charge is 0.395 e. The molecule has 0 unspecified atom stereocenters. The van der Waals surface area contributed by atoms with E-state index in [4.69, 9.17) is 9.84 Å². The number of rotatable bonds is 7. The number of hydrogen-bond acceptors (Lipinski definition) is 6. The van der Waals surface area contributed by atoms with E-state index < -0.39 is 33.9 Å². The Morgan fingerprint density at radius 3 is 2.33 bits per heavy atom. The first-order chi connectivity index (χ1) is 19.0. The van der Waals surface area contributed by atoms with Gasteiger partial charge in [0.25, 0.3) is 5.91 Å². The van der Waals surface area contributed by atoms with Crippen molar-refractivity contribution in [1.29, 1.82) is 0 Å². The summed E-state index contributed by atoms with van der Waals surface area (Å²) in [5.41, 5.74) is 3.44. The van der Waals surface area contributed by atoms with Crippen LogP contribution in [0.4, 0.5) is 25.8 Å². The highest BCUT2D eigenvalue weighted by Crippen LogP contribution is 2.54. The molecule has 2 aromatic rings. The van der Waals surface area contributed by atoms with Gasteiger partial charge in [0.2, 0.25) is 15.9 Å². The predicted octanol–water partition coefficient (Wildman–Crippen LogP) is 4.99. The normalized spacial score (nSPS) is 22.2. The van der Waals surface area contributed by atoms with Gasteiger partial charge in [0.15, 0.2) is 0 Å². The Morgan fingerprint density at radius 2 is 1.65 bits per heavy atom. The highest BCUT2D eigenvalue weighted by atomic mass is 32.2. The number of ether oxygens (including phenoxy) is 1. The molecule has 1 saturated heterocycles. The molecule has 0 radical (unpaired) electrons. The molecule has 2 aliphatic carbocycles. The highest BCUT2D eigenvalue weighted by Gasteiger charge is 2.48. The fraction of sp³-hybridized carbons (Fsp3) is 0.552. The number of benzene rings is 2. The molecule has 2 spiro atoms. The van der Waals surface area contributed by atoms with E-state index in [1.54, 1.807) is 24.3 Å². The van der Waals surface area contributed by atoms with Gasteiger partial charge in [-0.3, -0.25) is 9.52 Å². The number of sulfonamides is 1. The molecule has 1 amide bonds. The first-order valence-corrected chi connectivity index (χ1v) is 15.6. The SMILES string of the molecule is O=C(Nc1ccc2c(c1)C1(CCC(F)(F)CC1)OC2)c1ccc(NS(=O)(=O)CCO)cc1N1CCC2(CC1)CC2. The summed E-state index contributed by atoms with van der Waals surface area (Å²) in [7, 11) is -3.73. The first kappa shape index (κ1) is 27.4. The van der Waals surface area contributed by atoms with Gasteiger partial charge in [-0.1, -0.05) is 6.07 Å². The summed E-state index contributed by atoms with van der Waals surface area (Å²) >= 11 is 0. The van der Waals surface area contributed by atoms with E-state index >= 15 is 0 Å². The molecule has 216 valence electrons. The number of carbonyl (C=O) groups is 1. The molecular formula is C29H35F2N3O5S. The van der Waals surface area contributed by atoms with Gasteiger partial charge in [-0.05, 0) is 85.4 Å². The second kappa shape index (κ2) is 9.95. The van der Waals surface area contributed by atoms with E-state index in [1.807, 2.05) is 12.1 Å². The van der Waals surface area contributed by atoms with Crippen LogP contribution in [0.5, 0.6) is 0 Å². The summed E-state index contributed by atoms with van der Waals surface area (Å²) in [6, 6.07) is 10.4. The lowest BCUT2D eigenvalue weighted by molar-refractivity contribution is -0.130.